The van der Waals surface area contributed by atoms with Crippen LogP contribution in [0, 0.1) is 5.41 Å². The zero-order valence-electron chi connectivity index (χ0n) is 13.6. The second kappa shape index (κ2) is 7.43. The summed E-state index contributed by atoms with van der Waals surface area (Å²) in [6.07, 6.45) is 10.8. The smallest absolute Gasteiger partial charge is 0.410 e. The van der Waals surface area contributed by atoms with E-state index in [0.717, 1.165) is 12.7 Å². The summed E-state index contributed by atoms with van der Waals surface area (Å²) in [5, 5.41) is 0. The standard InChI is InChI=1S/C17H27NO3/c1-5-6-7-8-9-17(14-19)10-12-18(13-11-17)15(20)21-16(2,3)4/h5-8,14H,9-13H2,1-4H3. The number of ether oxygens (including phenoxy) is 1. The first kappa shape index (κ1) is 17.5. The summed E-state index contributed by atoms with van der Waals surface area (Å²) < 4.78 is 5.37. The highest BCUT2D eigenvalue weighted by Gasteiger charge is 2.36. The van der Waals surface area contributed by atoms with Gasteiger partial charge in [0.1, 0.15) is 11.9 Å². The van der Waals surface area contributed by atoms with Gasteiger partial charge in [-0.15, -0.1) is 0 Å². The van der Waals surface area contributed by atoms with Crippen LogP contribution in [0.3, 0.4) is 0 Å². The summed E-state index contributed by atoms with van der Waals surface area (Å²) in [7, 11) is 0. The van der Waals surface area contributed by atoms with Crippen LogP contribution in [0.15, 0.2) is 24.3 Å². The Kier molecular flexibility index (Phi) is 6.19. The maximum atomic E-state index is 12.0. The topological polar surface area (TPSA) is 46.6 Å². The van der Waals surface area contributed by atoms with E-state index in [1.165, 1.54) is 0 Å². The number of carbonyl (C=O) groups is 2. The molecule has 0 saturated carbocycles. The maximum Gasteiger partial charge on any atom is 0.410 e. The third kappa shape index (κ3) is 5.74. The highest BCUT2D eigenvalue weighted by molar-refractivity contribution is 5.69. The first-order chi connectivity index (χ1) is 9.82. The minimum absolute atomic E-state index is 0.286. The third-order valence-corrected chi connectivity index (χ3v) is 3.62. The van der Waals surface area contributed by atoms with Crippen LogP contribution in [-0.2, 0) is 9.53 Å². The Balaban J connectivity index is 2.55. The Labute approximate surface area is 127 Å². The van der Waals surface area contributed by atoms with Crippen molar-refractivity contribution in [3.05, 3.63) is 24.3 Å². The zero-order chi connectivity index (χ0) is 15.9. The van der Waals surface area contributed by atoms with Gasteiger partial charge in [-0.2, -0.15) is 0 Å². The van der Waals surface area contributed by atoms with E-state index in [4.69, 9.17) is 4.74 Å². The van der Waals surface area contributed by atoms with Gasteiger partial charge in [-0.25, -0.2) is 4.79 Å². The van der Waals surface area contributed by atoms with Crippen molar-refractivity contribution in [2.45, 2.75) is 52.6 Å². The van der Waals surface area contributed by atoms with Gasteiger partial charge in [-0.3, -0.25) is 0 Å². The van der Waals surface area contributed by atoms with Crippen molar-refractivity contribution in [1.82, 2.24) is 4.90 Å². The number of hydrogen-bond acceptors (Lipinski definition) is 3. The highest BCUT2D eigenvalue weighted by Crippen LogP contribution is 2.33. The van der Waals surface area contributed by atoms with Crippen LogP contribution in [0.1, 0.15) is 47.0 Å². The predicted molar refractivity (Wildman–Crippen MR) is 84.1 cm³/mol. The molecule has 0 aliphatic carbocycles. The van der Waals surface area contributed by atoms with E-state index in [2.05, 4.69) is 0 Å². The van der Waals surface area contributed by atoms with Crippen molar-refractivity contribution >= 4 is 12.4 Å². The summed E-state index contributed by atoms with van der Waals surface area (Å²) >= 11 is 0. The van der Waals surface area contributed by atoms with Gasteiger partial charge in [0.05, 0.1) is 0 Å². The monoisotopic (exact) mass is 293 g/mol. The van der Waals surface area contributed by atoms with Gasteiger partial charge in [0.2, 0.25) is 0 Å². The normalized spacial score (nSPS) is 19.1. The molecule has 1 aliphatic heterocycles. The van der Waals surface area contributed by atoms with Crippen LogP contribution in [0.4, 0.5) is 4.79 Å². The zero-order valence-corrected chi connectivity index (χ0v) is 13.6. The van der Waals surface area contributed by atoms with Gasteiger partial charge in [-0.05, 0) is 47.0 Å². The SMILES string of the molecule is CC=CC=CCC1(C=O)CCN(C(=O)OC(C)(C)C)CC1. The molecule has 1 fully saturated rings. The lowest BCUT2D eigenvalue weighted by Crippen LogP contribution is -2.45. The minimum atomic E-state index is -0.481. The Morgan fingerprint density at radius 3 is 2.33 bits per heavy atom. The molecule has 1 saturated heterocycles. The quantitative estimate of drug-likeness (QED) is 0.586. The number of nitrogens with zero attached hydrogens (tertiary/aromatic N) is 1. The molecule has 1 rings (SSSR count). The molecule has 1 amide bonds. The van der Waals surface area contributed by atoms with Crippen LogP contribution >= 0.6 is 0 Å². The Morgan fingerprint density at radius 1 is 1.24 bits per heavy atom. The van der Waals surface area contributed by atoms with Gasteiger partial charge >= 0.3 is 6.09 Å². The largest absolute Gasteiger partial charge is 0.444 e. The van der Waals surface area contributed by atoms with E-state index in [9.17, 15) is 9.59 Å². The van der Waals surface area contributed by atoms with Crippen molar-refractivity contribution in [1.29, 1.82) is 0 Å². The van der Waals surface area contributed by atoms with E-state index in [-0.39, 0.29) is 11.5 Å². The van der Waals surface area contributed by atoms with Crippen molar-refractivity contribution in [3.8, 4) is 0 Å². The number of aldehydes is 1. The van der Waals surface area contributed by atoms with Gasteiger partial charge in [0, 0.05) is 18.5 Å². The summed E-state index contributed by atoms with van der Waals surface area (Å²) in [5.74, 6) is 0. The van der Waals surface area contributed by atoms with Gasteiger partial charge < -0.3 is 14.4 Å². The lowest BCUT2D eigenvalue weighted by Gasteiger charge is -2.38. The molecule has 0 N–H and O–H groups in total. The second-order valence-corrected chi connectivity index (χ2v) is 6.61. The van der Waals surface area contributed by atoms with Crippen LogP contribution in [-0.4, -0.2) is 36.0 Å². The highest BCUT2D eigenvalue weighted by atomic mass is 16.6. The van der Waals surface area contributed by atoms with Crippen molar-refractivity contribution in [2.75, 3.05) is 13.1 Å². The minimum Gasteiger partial charge on any atom is -0.444 e. The molecule has 0 bridgehead atoms. The molecule has 4 nitrogen and oxygen atoms in total. The van der Waals surface area contributed by atoms with Crippen LogP contribution < -0.4 is 0 Å². The number of likely N-dealkylation sites (tertiary alicyclic amines) is 1. The van der Waals surface area contributed by atoms with Gasteiger partial charge in [0.25, 0.3) is 0 Å². The molecule has 4 heteroatoms. The first-order valence-electron chi connectivity index (χ1n) is 7.54. The molecule has 0 radical (unpaired) electrons. The number of piperidine rings is 1. The fourth-order valence-electron chi connectivity index (χ4n) is 2.32. The number of allylic oxidation sites excluding steroid dienone is 4. The number of amides is 1. The molecule has 0 unspecified atom stereocenters. The summed E-state index contributed by atoms with van der Waals surface area (Å²) in [6.45, 7) is 8.68. The lowest BCUT2D eigenvalue weighted by molar-refractivity contribution is -0.118. The maximum absolute atomic E-state index is 12.0. The summed E-state index contributed by atoms with van der Waals surface area (Å²) in [5.41, 5.74) is -0.817. The van der Waals surface area contributed by atoms with Crippen molar-refractivity contribution in [3.63, 3.8) is 0 Å². The molecular formula is C17H27NO3. The molecule has 21 heavy (non-hydrogen) atoms. The predicted octanol–water partition coefficient (Wildman–Crippen LogP) is 3.73. The third-order valence-electron chi connectivity index (χ3n) is 3.62. The molecular weight excluding hydrogens is 266 g/mol. The van der Waals surface area contributed by atoms with Crippen LogP contribution in [0.5, 0.6) is 0 Å². The van der Waals surface area contributed by atoms with E-state index in [0.29, 0.717) is 25.9 Å². The second-order valence-electron chi connectivity index (χ2n) is 6.61. The number of carbonyl (C=O) groups excluding carboxylic acids is 2. The van der Waals surface area contributed by atoms with Gasteiger partial charge in [-0.1, -0.05) is 24.3 Å². The average Bonchev–Trinajstić information content (AvgIpc) is 2.42. The van der Waals surface area contributed by atoms with Gasteiger partial charge in [0.15, 0.2) is 0 Å². The van der Waals surface area contributed by atoms with Crippen LogP contribution in [0.25, 0.3) is 0 Å². The van der Waals surface area contributed by atoms with Crippen LogP contribution in [0.2, 0.25) is 0 Å². The van der Waals surface area contributed by atoms with E-state index in [1.807, 2.05) is 52.0 Å². The molecule has 0 aromatic rings. The Morgan fingerprint density at radius 2 is 1.86 bits per heavy atom. The fraction of sp³-hybridized carbons (Fsp3) is 0.647. The summed E-state index contributed by atoms with van der Waals surface area (Å²) in [6, 6.07) is 0. The molecule has 1 aliphatic rings. The lowest BCUT2D eigenvalue weighted by atomic mass is 9.77. The van der Waals surface area contributed by atoms with E-state index >= 15 is 0 Å². The Bertz CT molecular complexity index is 410. The average molecular weight is 293 g/mol. The molecule has 0 aromatic carbocycles. The molecule has 0 atom stereocenters. The van der Waals surface area contributed by atoms with E-state index in [1.54, 1.807) is 4.90 Å². The number of hydrogen-bond donors (Lipinski definition) is 0. The Hall–Kier alpha value is -1.58. The molecule has 1 heterocycles. The van der Waals surface area contributed by atoms with E-state index < -0.39 is 5.60 Å². The van der Waals surface area contributed by atoms with Crippen molar-refractivity contribution < 1.29 is 14.3 Å². The number of rotatable bonds is 4. The fourth-order valence-corrected chi connectivity index (χ4v) is 2.32. The van der Waals surface area contributed by atoms with Crippen molar-refractivity contribution in [2.24, 2.45) is 5.41 Å². The molecule has 0 spiro atoms. The molecule has 0 aromatic heterocycles. The summed E-state index contributed by atoms with van der Waals surface area (Å²) in [4.78, 5) is 25.2. The molecule has 118 valence electrons. The first-order valence-corrected chi connectivity index (χ1v) is 7.54.